The largest absolute Gasteiger partial charge is 0.444 e. The summed E-state index contributed by atoms with van der Waals surface area (Å²) < 4.78 is 11.9. The number of likely N-dealkylation sites (N-methyl/N-ethyl adjacent to an activating group) is 1. The van der Waals surface area contributed by atoms with Gasteiger partial charge in [-0.1, -0.05) is 66.2 Å². The van der Waals surface area contributed by atoms with Gasteiger partial charge in [-0.3, -0.25) is 48.7 Å². The average Bonchev–Trinajstić information content (AvgIpc) is 2.03. The van der Waals surface area contributed by atoms with Crippen molar-refractivity contribution in [1.82, 2.24) is 46.3 Å². The predicted octanol–water partition coefficient (Wildman–Crippen LogP) is 4.33. The second-order valence-corrected chi connectivity index (χ2v) is 22.9. The van der Waals surface area contributed by atoms with Gasteiger partial charge in [0.15, 0.2) is 0 Å². The van der Waals surface area contributed by atoms with E-state index in [1.807, 2.05) is 55.6 Å². The van der Waals surface area contributed by atoms with Crippen LogP contribution in [0.3, 0.4) is 0 Å². The van der Waals surface area contributed by atoms with Crippen molar-refractivity contribution in [2.75, 3.05) is 99.5 Å². The summed E-state index contributed by atoms with van der Waals surface area (Å²) in [6.45, 7) is 6.76. The molecule has 0 unspecified atom stereocenters. The Balaban J connectivity index is 0.772. The number of nitrogens with two attached hydrogens (primary N) is 1. The number of unbranched alkanes of at least 4 members (excludes halogenated alkanes) is 1. The molecule has 4 aliphatic rings. The number of nitrogens with one attached hydrogen (secondary N) is 7. The van der Waals surface area contributed by atoms with Crippen molar-refractivity contribution in [1.29, 1.82) is 0 Å². The first kappa shape index (κ1) is 62.6. The molecule has 1 aromatic heterocycles. The van der Waals surface area contributed by atoms with Gasteiger partial charge in [-0.25, -0.2) is 14.4 Å². The molecule has 9 N–H and O–H groups in total. The molecule has 25 nitrogen and oxygen atoms in total. The minimum absolute atomic E-state index is 0.0297. The summed E-state index contributed by atoms with van der Waals surface area (Å²) in [7, 11) is 2.02. The maximum absolute atomic E-state index is 14.6. The minimum atomic E-state index is -1.08. The van der Waals surface area contributed by atoms with Crippen molar-refractivity contribution >= 4 is 114 Å². The molecule has 9 rings (SSSR count). The lowest BCUT2D eigenvalue weighted by molar-refractivity contribution is -0.137. The van der Waals surface area contributed by atoms with Crippen molar-refractivity contribution in [2.45, 2.75) is 70.6 Å². The molecule has 0 radical (unpaired) electrons. The molecule has 11 amide bonds. The summed E-state index contributed by atoms with van der Waals surface area (Å²) in [5.41, 5.74) is 10.6. The number of piperazine rings is 1. The van der Waals surface area contributed by atoms with Crippen LogP contribution in [0, 0.1) is 5.92 Å². The summed E-state index contributed by atoms with van der Waals surface area (Å²) in [4.78, 5) is 141. The molecule has 5 aromatic rings. The molecule has 460 valence electrons. The Hall–Kier alpha value is -8.88. The number of benzene rings is 4. The molecular weight excluding hydrogens is 1190 g/mol. The first-order valence-electron chi connectivity index (χ1n) is 29.1. The van der Waals surface area contributed by atoms with Gasteiger partial charge >= 0.3 is 18.2 Å². The Morgan fingerprint density at radius 1 is 0.747 bits per heavy atom. The molecule has 0 aliphatic carbocycles. The smallest absolute Gasteiger partial charge is 0.415 e. The second kappa shape index (κ2) is 28.5. The highest BCUT2D eigenvalue weighted by Crippen LogP contribution is 2.47. The summed E-state index contributed by atoms with van der Waals surface area (Å²) in [5, 5.41) is 19.3. The number of carbonyl (C=O) groups excluding carboxylic acids is 10. The third-order valence-corrected chi connectivity index (χ3v) is 16.6. The Kier molecular flexibility index (Phi) is 20.6. The van der Waals surface area contributed by atoms with Crippen LogP contribution in [0.15, 0.2) is 84.9 Å². The van der Waals surface area contributed by atoms with Crippen LogP contribution in [-0.2, 0) is 46.5 Å². The standard InChI is InChI=1S/C61H72BrN13O12/c1-36(2)55(67-33-51(77)66-32-50(76)64-21-6-7-23-74-52(78)18-19-53(74)79)57(81)70-45(11-8-22-65-59(63)83)56(80)68-39-14-12-37(13-15-39)35-86-61(85)73-24-20-40-43-29-46(69-44(43)16-17-47(40)73)58(82)75-34-38(31-62)54-42-10-5-4-9-41(42)49(30-48(54)75)87-60(84)72-27-25-71(3)26-28-72/h4-5,9-10,12-19,29-30,36,38,45,55,67,69H,6-8,11,20-28,31-35H2,1-3H3,(H,64,76)(H,66,77)(H,68,80)(H,70,81)(H3,63,65,83)/t38-,45+,55+/m1/s1. The van der Waals surface area contributed by atoms with E-state index in [2.05, 4.69) is 57.7 Å². The van der Waals surface area contributed by atoms with Crippen LogP contribution in [0.4, 0.5) is 31.4 Å². The van der Waals surface area contributed by atoms with Crippen LogP contribution >= 0.6 is 15.9 Å². The van der Waals surface area contributed by atoms with Crippen molar-refractivity contribution in [3.8, 4) is 5.75 Å². The summed E-state index contributed by atoms with van der Waals surface area (Å²) >= 11 is 3.70. The number of nitrogens with zero attached hydrogens (tertiary/aromatic N) is 5. The van der Waals surface area contributed by atoms with E-state index in [0.29, 0.717) is 84.8 Å². The van der Waals surface area contributed by atoms with Crippen molar-refractivity contribution in [3.05, 3.63) is 107 Å². The zero-order chi connectivity index (χ0) is 61.9. The lowest BCUT2D eigenvalue weighted by Crippen LogP contribution is -2.55. The van der Waals surface area contributed by atoms with Gasteiger partial charge in [-0.05, 0) is 97.5 Å². The molecule has 0 spiro atoms. The van der Waals surface area contributed by atoms with E-state index in [1.54, 1.807) is 52.8 Å². The van der Waals surface area contributed by atoms with E-state index in [4.69, 9.17) is 15.2 Å². The van der Waals surface area contributed by atoms with Crippen LogP contribution in [-0.4, -0.2) is 176 Å². The number of urea groups is 1. The number of H-pyrrole nitrogens is 1. The van der Waals surface area contributed by atoms with Crippen LogP contribution in [0.1, 0.15) is 72.6 Å². The number of primary amides is 1. The van der Waals surface area contributed by atoms with Gasteiger partial charge < -0.3 is 61.5 Å². The number of carbonyl (C=O) groups is 10. The van der Waals surface area contributed by atoms with Gasteiger partial charge in [0.2, 0.25) is 23.6 Å². The molecule has 87 heavy (non-hydrogen) atoms. The Morgan fingerprint density at radius 2 is 1.46 bits per heavy atom. The number of halogens is 1. The lowest BCUT2D eigenvalue weighted by Gasteiger charge is -2.31. The van der Waals surface area contributed by atoms with Crippen LogP contribution in [0.25, 0.3) is 21.7 Å². The Morgan fingerprint density at radius 3 is 2.17 bits per heavy atom. The predicted molar refractivity (Wildman–Crippen MR) is 328 cm³/mol. The Bertz CT molecular complexity index is 3470. The second-order valence-electron chi connectivity index (χ2n) is 22.2. The molecule has 1 saturated heterocycles. The van der Waals surface area contributed by atoms with E-state index < -0.39 is 53.9 Å². The molecular formula is C61H72BrN13O12. The maximum Gasteiger partial charge on any atom is 0.415 e. The molecule has 1 fully saturated rings. The van der Waals surface area contributed by atoms with Gasteiger partial charge in [-0.15, -0.1) is 0 Å². The third kappa shape index (κ3) is 15.2. The first-order chi connectivity index (χ1) is 41.9. The van der Waals surface area contributed by atoms with Gasteiger partial charge in [0.05, 0.1) is 30.5 Å². The number of aromatic nitrogens is 1. The van der Waals surface area contributed by atoms with Gasteiger partial charge in [0, 0.05) is 110 Å². The highest BCUT2D eigenvalue weighted by molar-refractivity contribution is 9.09. The zero-order valence-electron chi connectivity index (χ0n) is 48.7. The quantitative estimate of drug-likeness (QED) is 0.0242. The number of hydrogen-bond acceptors (Lipinski definition) is 14. The number of ether oxygens (including phenoxy) is 2. The minimum Gasteiger partial charge on any atom is -0.444 e. The Labute approximate surface area is 510 Å². The molecule has 4 aliphatic heterocycles. The topological polar surface area (TPSA) is 319 Å². The monoisotopic (exact) mass is 1260 g/mol. The normalized spacial score (nSPS) is 16.2. The van der Waals surface area contributed by atoms with Crippen LogP contribution in [0.5, 0.6) is 5.75 Å². The number of hydrogen-bond donors (Lipinski definition) is 8. The molecule has 26 heteroatoms. The SMILES string of the molecule is CC(C)[C@H](NCC(=O)NCC(=O)NCCCCN1C(=O)C=CC1=O)C(=O)N[C@@H](CCCNC(N)=O)C(=O)Nc1ccc(COC(=O)N2CCc3c2ccc2[nH]c(C(=O)N4C[C@@H](CBr)c5c4cc(OC(=O)N4CCN(C)CC4)c4ccccc54)cc32)cc1. The fraction of sp³-hybridized carbons (Fsp3) is 0.410. The van der Waals surface area contributed by atoms with E-state index >= 15 is 0 Å². The first-order valence-corrected chi connectivity index (χ1v) is 30.2. The third-order valence-electron chi connectivity index (χ3n) is 15.8. The number of imide groups is 1. The summed E-state index contributed by atoms with van der Waals surface area (Å²) in [6.07, 6.45) is 3.30. The van der Waals surface area contributed by atoms with E-state index in [9.17, 15) is 47.9 Å². The van der Waals surface area contributed by atoms with E-state index in [0.717, 1.165) is 50.8 Å². The molecule has 5 heterocycles. The number of fused-ring (bicyclic) bond motifs is 6. The van der Waals surface area contributed by atoms with Crippen molar-refractivity contribution in [3.63, 3.8) is 0 Å². The summed E-state index contributed by atoms with van der Waals surface area (Å²) in [5.74, 6) is -3.11. The van der Waals surface area contributed by atoms with Crippen LogP contribution < -0.4 is 52.2 Å². The van der Waals surface area contributed by atoms with Crippen LogP contribution in [0.2, 0.25) is 0 Å². The number of anilines is 3. The molecule has 0 saturated carbocycles. The van der Waals surface area contributed by atoms with Crippen molar-refractivity contribution in [2.24, 2.45) is 11.7 Å². The van der Waals surface area contributed by atoms with E-state index in [1.165, 1.54) is 12.2 Å². The van der Waals surface area contributed by atoms with Gasteiger partial charge in [-0.2, -0.15) is 0 Å². The number of amides is 11. The van der Waals surface area contributed by atoms with Gasteiger partial charge in [0.1, 0.15) is 24.1 Å². The van der Waals surface area contributed by atoms with Crippen molar-refractivity contribution < 1.29 is 57.4 Å². The average molecular weight is 1260 g/mol. The zero-order valence-corrected chi connectivity index (χ0v) is 50.3. The highest BCUT2D eigenvalue weighted by atomic mass is 79.9. The highest BCUT2D eigenvalue weighted by Gasteiger charge is 2.37. The molecule has 3 atom stereocenters. The maximum atomic E-state index is 14.6. The fourth-order valence-electron chi connectivity index (χ4n) is 11.1. The lowest BCUT2D eigenvalue weighted by atomic mass is 9.95. The number of alkyl halides is 1. The van der Waals surface area contributed by atoms with E-state index in [-0.39, 0.29) is 81.7 Å². The fourth-order valence-corrected chi connectivity index (χ4v) is 11.7. The molecule has 4 aromatic carbocycles. The van der Waals surface area contributed by atoms with Gasteiger partial charge in [0.25, 0.3) is 17.7 Å². The number of rotatable bonds is 24. The number of aromatic amines is 1. The summed E-state index contributed by atoms with van der Waals surface area (Å²) in [6, 6.07) is 19.0. The molecule has 0 bridgehead atoms.